The van der Waals surface area contributed by atoms with Crippen molar-refractivity contribution in [3.63, 3.8) is 0 Å². The Labute approximate surface area is 166 Å². The molecule has 5 heterocycles. The largest absolute Gasteiger partial charge is 0.464 e. The smallest absolute Gasteiger partial charge is 0.149 e. The number of hydrogen-bond acceptors (Lipinski definition) is 4. The third kappa shape index (κ3) is 2.39. The van der Waals surface area contributed by atoms with Gasteiger partial charge in [-0.1, -0.05) is 18.2 Å². The average molecular weight is 382 g/mol. The number of hydrogen-bond donors (Lipinski definition) is 2. The van der Waals surface area contributed by atoms with E-state index in [1.807, 2.05) is 59.4 Å². The number of H-pyrrole nitrogens is 1. The minimum Gasteiger partial charge on any atom is -0.464 e. The van der Waals surface area contributed by atoms with Crippen LogP contribution >= 0.6 is 0 Å². The summed E-state index contributed by atoms with van der Waals surface area (Å²) in [6.07, 6.45) is 9.71. The van der Waals surface area contributed by atoms with Crippen LogP contribution in [0.5, 0.6) is 0 Å². The van der Waals surface area contributed by atoms with Crippen molar-refractivity contribution in [2.75, 3.05) is 0 Å². The Bertz CT molecular complexity index is 1350. The van der Waals surface area contributed by atoms with Crippen LogP contribution in [0.25, 0.3) is 33.5 Å². The first-order valence-electron chi connectivity index (χ1n) is 9.58. The lowest BCUT2D eigenvalue weighted by Crippen LogP contribution is -2.25. The zero-order valence-corrected chi connectivity index (χ0v) is 15.5. The van der Waals surface area contributed by atoms with Crippen LogP contribution in [0.3, 0.4) is 0 Å². The summed E-state index contributed by atoms with van der Waals surface area (Å²) >= 11 is 0. The quantitative estimate of drug-likeness (QED) is 0.487. The van der Waals surface area contributed by atoms with E-state index in [1.165, 1.54) is 0 Å². The number of fused-ring (bicyclic) bond motifs is 2. The van der Waals surface area contributed by atoms with E-state index in [-0.39, 0.29) is 0 Å². The van der Waals surface area contributed by atoms with Crippen molar-refractivity contribution in [1.82, 2.24) is 19.5 Å². The summed E-state index contributed by atoms with van der Waals surface area (Å²) < 4.78 is 7.89. The maximum absolute atomic E-state index is 11.3. The van der Waals surface area contributed by atoms with Crippen molar-refractivity contribution < 1.29 is 9.52 Å². The van der Waals surface area contributed by atoms with Gasteiger partial charge in [-0.05, 0) is 35.4 Å². The van der Waals surface area contributed by atoms with Gasteiger partial charge in [-0.3, -0.25) is 0 Å². The number of nitrogens with zero attached hydrogens (tertiary/aromatic N) is 3. The molecule has 5 aromatic rings. The lowest BCUT2D eigenvalue weighted by molar-refractivity contribution is 0.0786. The summed E-state index contributed by atoms with van der Waals surface area (Å²) in [6, 6.07) is 13.9. The number of aliphatic hydroxyl groups is 1. The minimum absolute atomic E-state index is 0.624. The van der Waals surface area contributed by atoms with Crippen molar-refractivity contribution in [1.29, 1.82) is 0 Å². The van der Waals surface area contributed by atoms with Gasteiger partial charge in [0.05, 0.1) is 6.26 Å². The molecule has 6 nitrogen and oxygen atoms in total. The number of aromatic amines is 1. The van der Waals surface area contributed by atoms with Gasteiger partial charge in [-0.15, -0.1) is 0 Å². The van der Waals surface area contributed by atoms with Gasteiger partial charge in [-0.2, -0.15) is 0 Å². The second kappa shape index (κ2) is 5.93. The molecule has 0 bridgehead atoms. The van der Waals surface area contributed by atoms with E-state index in [0.29, 0.717) is 12.2 Å². The van der Waals surface area contributed by atoms with Crippen LogP contribution in [0.1, 0.15) is 17.8 Å². The van der Waals surface area contributed by atoms with Crippen LogP contribution in [0.4, 0.5) is 0 Å². The molecule has 1 atom stereocenters. The number of aromatic nitrogens is 4. The standard InChI is InChI=1S/C23H18N4O2/c28-23(6-9-27-10-8-25-22(23)27)17-4-1-3-15(11-17)16-12-20(29-14-16)19-13-26-21-18(19)5-2-7-24-21/h1-5,7-8,10-14,28H,6,9H2,(H,24,26)/t23-/m1/s1. The molecular weight excluding hydrogens is 364 g/mol. The number of aryl methyl sites for hydroxylation is 1. The Balaban J connectivity index is 1.40. The number of benzene rings is 1. The number of pyridine rings is 1. The summed E-state index contributed by atoms with van der Waals surface area (Å²) in [7, 11) is 0. The average Bonchev–Trinajstić information content (AvgIpc) is 3.53. The summed E-state index contributed by atoms with van der Waals surface area (Å²) in [5.41, 5.74) is 3.56. The van der Waals surface area contributed by atoms with E-state index in [4.69, 9.17) is 4.42 Å². The molecule has 6 heteroatoms. The first-order valence-corrected chi connectivity index (χ1v) is 9.58. The van der Waals surface area contributed by atoms with E-state index >= 15 is 0 Å². The molecule has 29 heavy (non-hydrogen) atoms. The molecule has 0 unspecified atom stereocenters. The zero-order valence-electron chi connectivity index (χ0n) is 15.5. The normalized spacial score (nSPS) is 18.4. The molecule has 0 spiro atoms. The molecule has 0 radical (unpaired) electrons. The molecule has 1 aliphatic heterocycles. The van der Waals surface area contributed by atoms with Gasteiger partial charge in [0, 0.05) is 54.3 Å². The van der Waals surface area contributed by atoms with Crippen molar-refractivity contribution in [2.24, 2.45) is 0 Å². The highest BCUT2D eigenvalue weighted by Gasteiger charge is 2.40. The number of furan rings is 1. The molecular formula is C23H18N4O2. The molecule has 0 saturated carbocycles. The Kier molecular flexibility index (Phi) is 3.34. The third-order valence-electron chi connectivity index (χ3n) is 5.79. The summed E-state index contributed by atoms with van der Waals surface area (Å²) in [5.74, 6) is 1.48. The van der Waals surface area contributed by atoms with E-state index in [2.05, 4.69) is 15.0 Å². The first-order chi connectivity index (χ1) is 14.2. The fourth-order valence-corrected chi connectivity index (χ4v) is 4.27. The number of rotatable bonds is 3. The second-order valence-electron chi connectivity index (χ2n) is 7.44. The van der Waals surface area contributed by atoms with Crippen LogP contribution in [-0.4, -0.2) is 24.6 Å². The highest BCUT2D eigenvalue weighted by atomic mass is 16.3. The lowest BCUT2D eigenvalue weighted by Gasteiger charge is -2.22. The minimum atomic E-state index is -1.06. The van der Waals surface area contributed by atoms with Crippen LogP contribution < -0.4 is 0 Å². The predicted octanol–water partition coefficient (Wildman–Crippen LogP) is 4.33. The Morgan fingerprint density at radius 2 is 2.03 bits per heavy atom. The molecule has 0 fully saturated rings. The van der Waals surface area contributed by atoms with Gasteiger partial charge in [0.15, 0.2) is 0 Å². The third-order valence-corrected chi connectivity index (χ3v) is 5.79. The maximum Gasteiger partial charge on any atom is 0.149 e. The van der Waals surface area contributed by atoms with E-state index in [0.717, 1.165) is 45.6 Å². The van der Waals surface area contributed by atoms with Crippen LogP contribution in [0.15, 0.2) is 77.9 Å². The van der Waals surface area contributed by atoms with Gasteiger partial charge in [0.1, 0.15) is 22.8 Å². The molecule has 142 valence electrons. The van der Waals surface area contributed by atoms with Gasteiger partial charge >= 0.3 is 0 Å². The number of imidazole rings is 1. The van der Waals surface area contributed by atoms with E-state index in [1.54, 1.807) is 18.7 Å². The monoisotopic (exact) mass is 382 g/mol. The van der Waals surface area contributed by atoms with Crippen molar-refractivity contribution >= 4 is 11.0 Å². The molecule has 1 aromatic carbocycles. The van der Waals surface area contributed by atoms with Crippen molar-refractivity contribution in [3.05, 3.63) is 84.9 Å². The van der Waals surface area contributed by atoms with E-state index < -0.39 is 5.60 Å². The molecule has 0 aliphatic carbocycles. The summed E-state index contributed by atoms with van der Waals surface area (Å²) in [6.45, 7) is 0.764. The fourth-order valence-electron chi connectivity index (χ4n) is 4.27. The lowest BCUT2D eigenvalue weighted by atomic mass is 9.90. The summed E-state index contributed by atoms with van der Waals surface area (Å²) in [5, 5.41) is 12.4. The number of nitrogens with one attached hydrogen (secondary N) is 1. The first kappa shape index (κ1) is 16.3. The van der Waals surface area contributed by atoms with Crippen LogP contribution in [0.2, 0.25) is 0 Å². The van der Waals surface area contributed by atoms with Crippen molar-refractivity contribution in [2.45, 2.75) is 18.6 Å². The van der Waals surface area contributed by atoms with Gasteiger partial charge in [0.25, 0.3) is 0 Å². The molecule has 0 amide bonds. The van der Waals surface area contributed by atoms with Gasteiger partial charge in [-0.25, -0.2) is 9.97 Å². The Hall–Kier alpha value is -3.64. The molecule has 4 aromatic heterocycles. The molecule has 2 N–H and O–H groups in total. The zero-order chi connectivity index (χ0) is 19.4. The fraction of sp³-hybridized carbons (Fsp3) is 0.130. The molecule has 1 aliphatic rings. The highest BCUT2D eigenvalue weighted by Crippen LogP contribution is 2.39. The Morgan fingerprint density at radius 3 is 3.00 bits per heavy atom. The maximum atomic E-state index is 11.3. The van der Waals surface area contributed by atoms with Crippen molar-refractivity contribution in [3.8, 4) is 22.5 Å². The Morgan fingerprint density at radius 1 is 1.07 bits per heavy atom. The van der Waals surface area contributed by atoms with E-state index in [9.17, 15) is 5.11 Å². The predicted molar refractivity (Wildman–Crippen MR) is 109 cm³/mol. The molecule has 0 saturated heterocycles. The SMILES string of the molecule is O[C@@]1(c2cccc(-c3coc(-c4c[nH]c5ncccc45)c3)c2)CCn2ccnc21. The topological polar surface area (TPSA) is 79.9 Å². The summed E-state index contributed by atoms with van der Waals surface area (Å²) in [4.78, 5) is 11.9. The van der Waals surface area contributed by atoms with Crippen LogP contribution in [0, 0.1) is 0 Å². The second-order valence-corrected chi connectivity index (χ2v) is 7.44. The highest BCUT2D eigenvalue weighted by molar-refractivity contribution is 5.92. The molecule has 6 rings (SSSR count). The van der Waals surface area contributed by atoms with Gasteiger partial charge < -0.3 is 19.1 Å². The van der Waals surface area contributed by atoms with Crippen LogP contribution in [-0.2, 0) is 12.1 Å². The van der Waals surface area contributed by atoms with Gasteiger partial charge in [0.2, 0.25) is 0 Å².